The van der Waals surface area contributed by atoms with Crippen molar-refractivity contribution in [1.29, 1.82) is 0 Å². The molecule has 0 amide bonds. The smallest absolute Gasteiger partial charge is 0.241 e. The van der Waals surface area contributed by atoms with Crippen LogP contribution in [0.3, 0.4) is 0 Å². The van der Waals surface area contributed by atoms with Crippen molar-refractivity contribution in [3.63, 3.8) is 0 Å². The summed E-state index contributed by atoms with van der Waals surface area (Å²) in [5, 5.41) is 3.61. The van der Waals surface area contributed by atoms with Crippen LogP contribution in [0.4, 0.5) is 13.2 Å². The number of alkyl halides is 2. The van der Waals surface area contributed by atoms with Crippen LogP contribution in [0.15, 0.2) is 29.4 Å². The summed E-state index contributed by atoms with van der Waals surface area (Å²) in [4.78, 5) is 3.76. The van der Waals surface area contributed by atoms with Gasteiger partial charge in [0.2, 0.25) is 5.16 Å². The lowest BCUT2D eigenvalue weighted by Gasteiger charge is -2.12. The van der Waals surface area contributed by atoms with E-state index in [2.05, 4.69) is 10.1 Å². The fraction of sp³-hybridized carbons (Fsp3) is 0.333. The van der Waals surface area contributed by atoms with E-state index in [0.29, 0.717) is 0 Å². The van der Waals surface area contributed by atoms with E-state index in [1.807, 2.05) is 0 Å². The minimum atomic E-state index is -2.01. The highest BCUT2D eigenvalue weighted by Gasteiger charge is 2.37. The van der Waals surface area contributed by atoms with Crippen molar-refractivity contribution in [2.45, 2.75) is 23.8 Å². The van der Waals surface area contributed by atoms with E-state index in [4.69, 9.17) is 0 Å². The number of hydrogen-bond donors (Lipinski definition) is 0. The molecule has 0 radical (unpaired) electrons. The summed E-state index contributed by atoms with van der Waals surface area (Å²) in [7, 11) is -2.01. The average molecular weight is 301 g/mol. The van der Waals surface area contributed by atoms with Crippen molar-refractivity contribution in [3.05, 3.63) is 41.5 Å². The number of nitrogens with zero attached hydrogens (tertiary/aromatic N) is 3. The second kappa shape index (κ2) is 5.01. The zero-order valence-electron chi connectivity index (χ0n) is 10.2. The van der Waals surface area contributed by atoms with Crippen molar-refractivity contribution in [2.75, 3.05) is 6.01 Å². The van der Waals surface area contributed by atoms with Gasteiger partial charge in [-0.1, -0.05) is 18.2 Å². The predicted octanol–water partition coefficient (Wildman–Crippen LogP) is 2.46. The molecule has 1 aromatic carbocycles. The third-order valence-corrected chi connectivity index (χ3v) is 3.99. The third-order valence-electron chi connectivity index (χ3n) is 3.21. The summed E-state index contributed by atoms with van der Waals surface area (Å²) in [6, 6.07) is 4.20. The van der Waals surface area contributed by atoms with Gasteiger partial charge in [-0.2, -0.15) is 0 Å². The molecule has 106 valence electrons. The highest BCUT2D eigenvalue weighted by atomic mass is 32.2. The van der Waals surface area contributed by atoms with Crippen LogP contribution in [0.2, 0.25) is 0 Å². The Bertz CT molecular complexity index is 676. The van der Waals surface area contributed by atoms with E-state index >= 15 is 0 Å². The highest BCUT2D eigenvalue weighted by molar-refractivity contribution is 7.84. The Morgan fingerprint density at radius 2 is 2.15 bits per heavy atom. The molecule has 0 unspecified atom stereocenters. The Balaban J connectivity index is 2.05. The van der Waals surface area contributed by atoms with E-state index in [9.17, 15) is 17.4 Å². The Hall–Kier alpha value is -1.70. The SMILES string of the molecule is O=[S@](CF)c1nc2n(n1)[C@H](c1ccccc1F)C[C@@H]2F. The lowest BCUT2D eigenvalue weighted by molar-refractivity contribution is 0.325. The van der Waals surface area contributed by atoms with Crippen LogP contribution in [0.5, 0.6) is 0 Å². The Labute approximate surface area is 115 Å². The highest BCUT2D eigenvalue weighted by Crippen LogP contribution is 2.40. The molecular formula is C12H10F3N3OS. The summed E-state index contributed by atoms with van der Waals surface area (Å²) in [6.45, 7) is 0. The van der Waals surface area contributed by atoms with Gasteiger partial charge >= 0.3 is 0 Å². The quantitative estimate of drug-likeness (QED) is 0.875. The summed E-state index contributed by atoms with van der Waals surface area (Å²) in [6.07, 6.45) is -1.42. The van der Waals surface area contributed by atoms with E-state index < -0.39 is 34.8 Å². The number of hydrogen-bond acceptors (Lipinski definition) is 3. The molecule has 8 heteroatoms. The fourth-order valence-electron chi connectivity index (χ4n) is 2.31. The van der Waals surface area contributed by atoms with Crippen LogP contribution in [0, 0.1) is 5.82 Å². The summed E-state index contributed by atoms with van der Waals surface area (Å²) < 4.78 is 52.6. The standard InChI is InChI=1S/C12H10F3N3OS/c13-6-20(19)12-16-11-9(15)5-10(18(11)17-12)7-3-1-2-4-8(7)14/h1-4,9-10H,5-6H2/t9-,10-,20+/m0/s1. The first kappa shape index (κ1) is 13.3. The first-order chi connectivity index (χ1) is 9.61. The van der Waals surface area contributed by atoms with E-state index in [-0.39, 0.29) is 23.0 Å². The molecule has 2 heterocycles. The Kier molecular flexibility index (Phi) is 3.33. The minimum Gasteiger partial charge on any atom is -0.248 e. The molecule has 0 N–H and O–H groups in total. The van der Waals surface area contributed by atoms with Crippen LogP contribution in [-0.2, 0) is 10.8 Å². The Morgan fingerprint density at radius 3 is 2.85 bits per heavy atom. The predicted molar refractivity (Wildman–Crippen MR) is 65.4 cm³/mol. The summed E-state index contributed by atoms with van der Waals surface area (Å²) in [5.74, 6) is -0.503. The first-order valence-corrected chi connectivity index (χ1v) is 7.23. The maximum Gasteiger partial charge on any atom is 0.241 e. The monoisotopic (exact) mass is 301 g/mol. The van der Waals surface area contributed by atoms with Gasteiger partial charge in [-0.25, -0.2) is 27.0 Å². The minimum absolute atomic E-state index is 0.0127. The summed E-state index contributed by atoms with van der Waals surface area (Å²) >= 11 is 0. The van der Waals surface area contributed by atoms with Crippen molar-refractivity contribution in [1.82, 2.24) is 14.8 Å². The molecule has 2 aromatic rings. The van der Waals surface area contributed by atoms with E-state index in [1.165, 1.54) is 22.9 Å². The molecule has 0 fully saturated rings. The molecule has 3 atom stereocenters. The molecule has 0 bridgehead atoms. The van der Waals surface area contributed by atoms with Gasteiger partial charge in [0.25, 0.3) is 0 Å². The van der Waals surface area contributed by atoms with Crippen molar-refractivity contribution in [2.24, 2.45) is 0 Å². The van der Waals surface area contributed by atoms with Crippen LogP contribution in [-0.4, -0.2) is 25.0 Å². The second-order valence-corrected chi connectivity index (χ2v) is 5.67. The molecule has 0 aliphatic carbocycles. The Morgan fingerprint density at radius 1 is 1.40 bits per heavy atom. The van der Waals surface area contributed by atoms with Gasteiger partial charge in [0.15, 0.2) is 18.0 Å². The second-order valence-electron chi connectivity index (χ2n) is 4.39. The van der Waals surface area contributed by atoms with Gasteiger partial charge < -0.3 is 0 Å². The molecule has 0 saturated heterocycles. The molecule has 0 saturated carbocycles. The summed E-state index contributed by atoms with van der Waals surface area (Å²) in [5.41, 5.74) is 0.288. The molecule has 0 spiro atoms. The molecule has 4 nitrogen and oxygen atoms in total. The van der Waals surface area contributed by atoms with Gasteiger partial charge in [0.1, 0.15) is 16.6 Å². The maximum absolute atomic E-state index is 13.9. The first-order valence-electron chi connectivity index (χ1n) is 5.91. The zero-order valence-corrected chi connectivity index (χ0v) is 11.0. The maximum atomic E-state index is 13.9. The number of rotatable bonds is 3. The van der Waals surface area contributed by atoms with Gasteiger partial charge in [-0.05, 0) is 6.07 Å². The van der Waals surface area contributed by atoms with Crippen LogP contribution < -0.4 is 0 Å². The topological polar surface area (TPSA) is 47.8 Å². The van der Waals surface area contributed by atoms with Gasteiger partial charge in [-0.3, -0.25) is 0 Å². The van der Waals surface area contributed by atoms with Crippen molar-refractivity contribution >= 4 is 10.8 Å². The number of fused-ring (bicyclic) bond motifs is 1. The largest absolute Gasteiger partial charge is 0.248 e. The van der Waals surface area contributed by atoms with Crippen LogP contribution >= 0.6 is 0 Å². The van der Waals surface area contributed by atoms with Crippen LogP contribution in [0.25, 0.3) is 0 Å². The number of aromatic nitrogens is 3. The molecule has 3 rings (SSSR count). The van der Waals surface area contributed by atoms with E-state index in [1.54, 1.807) is 6.07 Å². The third kappa shape index (κ3) is 2.04. The zero-order chi connectivity index (χ0) is 14.3. The normalized spacial score (nSPS) is 22.8. The van der Waals surface area contributed by atoms with Crippen molar-refractivity contribution < 1.29 is 17.4 Å². The van der Waals surface area contributed by atoms with Gasteiger partial charge in [0.05, 0.1) is 6.04 Å². The molecular weight excluding hydrogens is 291 g/mol. The molecule has 1 aliphatic rings. The lowest BCUT2D eigenvalue weighted by atomic mass is 10.0. The van der Waals surface area contributed by atoms with Gasteiger partial charge in [0, 0.05) is 12.0 Å². The number of benzene rings is 1. The van der Waals surface area contributed by atoms with Crippen molar-refractivity contribution in [3.8, 4) is 0 Å². The average Bonchev–Trinajstić information content (AvgIpc) is 3.00. The van der Waals surface area contributed by atoms with Crippen LogP contribution in [0.1, 0.15) is 30.0 Å². The molecule has 1 aliphatic heterocycles. The molecule has 20 heavy (non-hydrogen) atoms. The lowest BCUT2D eigenvalue weighted by Crippen LogP contribution is -2.10. The van der Waals surface area contributed by atoms with E-state index in [0.717, 1.165) is 0 Å². The molecule has 1 aromatic heterocycles. The van der Waals surface area contributed by atoms with Gasteiger partial charge in [-0.15, -0.1) is 5.10 Å². The number of halogens is 3. The fourth-order valence-corrected chi connectivity index (χ4v) is 2.78.